The fraction of sp³-hybridized carbons (Fsp3) is 0.480. The van der Waals surface area contributed by atoms with Crippen molar-refractivity contribution in [1.82, 2.24) is 24.6 Å². The third kappa shape index (κ3) is 4.49. The number of ether oxygens (including phenoxy) is 1. The van der Waals surface area contributed by atoms with E-state index in [0.717, 1.165) is 37.7 Å². The van der Waals surface area contributed by atoms with E-state index in [9.17, 15) is 8.78 Å². The number of hydrogen-bond acceptors (Lipinski definition) is 6. The summed E-state index contributed by atoms with van der Waals surface area (Å²) in [5, 5.41) is 4.54. The predicted molar refractivity (Wildman–Crippen MR) is 126 cm³/mol. The van der Waals surface area contributed by atoms with Crippen molar-refractivity contribution in [2.75, 3.05) is 38.2 Å². The highest BCUT2D eigenvalue weighted by Gasteiger charge is 2.26. The zero-order valence-electron chi connectivity index (χ0n) is 19.8. The molecule has 1 aromatic carbocycles. The number of fused-ring (bicyclic) bond motifs is 1. The number of piperidine rings is 1. The summed E-state index contributed by atoms with van der Waals surface area (Å²) in [6, 6.07) is 3.59. The van der Waals surface area contributed by atoms with E-state index in [2.05, 4.69) is 31.9 Å². The molecule has 9 heteroatoms. The smallest absolute Gasteiger partial charge is 0.178 e. The maximum Gasteiger partial charge on any atom is 0.178 e. The SMILES string of the molecule is CC(C)N1CCOc2c(F)cc(-c3nc(Cc4cnn(C5CCN(C)CC5)c4)ncc3F)cc21. The Morgan fingerprint density at radius 2 is 1.88 bits per heavy atom. The molecule has 0 N–H and O–H groups in total. The van der Waals surface area contributed by atoms with Crippen molar-refractivity contribution in [3.8, 4) is 17.0 Å². The van der Waals surface area contributed by atoms with Crippen LogP contribution in [-0.2, 0) is 6.42 Å². The number of rotatable bonds is 5. The first-order valence-corrected chi connectivity index (χ1v) is 11.9. The molecule has 0 unspecified atom stereocenters. The van der Waals surface area contributed by atoms with E-state index in [-0.39, 0.29) is 17.5 Å². The second-order valence-electron chi connectivity index (χ2n) is 9.46. The summed E-state index contributed by atoms with van der Waals surface area (Å²) in [6.45, 7) is 7.25. The second-order valence-corrected chi connectivity index (χ2v) is 9.46. The number of hydrogen-bond donors (Lipinski definition) is 0. The van der Waals surface area contributed by atoms with E-state index in [0.29, 0.717) is 42.7 Å². The normalized spacial score (nSPS) is 17.2. The van der Waals surface area contributed by atoms with E-state index in [1.54, 1.807) is 6.07 Å². The molecule has 0 radical (unpaired) electrons. The number of likely N-dealkylation sites (tertiary alicyclic amines) is 1. The van der Waals surface area contributed by atoms with Crippen LogP contribution in [0.5, 0.6) is 5.75 Å². The van der Waals surface area contributed by atoms with E-state index < -0.39 is 11.6 Å². The van der Waals surface area contributed by atoms with Crippen LogP contribution in [0.15, 0.2) is 30.7 Å². The van der Waals surface area contributed by atoms with Crippen molar-refractivity contribution < 1.29 is 13.5 Å². The lowest BCUT2D eigenvalue weighted by atomic mass is 10.1. The first-order chi connectivity index (χ1) is 16.4. The summed E-state index contributed by atoms with van der Waals surface area (Å²) >= 11 is 0. The molecule has 5 rings (SSSR count). The highest BCUT2D eigenvalue weighted by Crippen LogP contribution is 2.39. The second kappa shape index (κ2) is 9.29. The third-order valence-corrected chi connectivity index (χ3v) is 6.68. The Hall–Kier alpha value is -3.07. The zero-order chi connectivity index (χ0) is 23.8. The summed E-state index contributed by atoms with van der Waals surface area (Å²) in [5.74, 6) is -0.427. The van der Waals surface area contributed by atoms with Gasteiger partial charge in [0.15, 0.2) is 17.4 Å². The summed E-state index contributed by atoms with van der Waals surface area (Å²) < 4.78 is 37.3. The van der Waals surface area contributed by atoms with Gasteiger partial charge in [-0.25, -0.2) is 18.7 Å². The quantitative estimate of drug-likeness (QED) is 0.562. The molecule has 0 bridgehead atoms. The fourth-order valence-corrected chi connectivity index (χ4v) is 4.78. The lowest BCUT2D eigenvalue weighted by Gasteiger charge is -2.34. The molecule has 0 amide bonds. The Labute approximate surface area is 198 Å². The number of anilines is 1. The summed E-state index contributed by atoms with van der Waals surface area (Å²) in [7, 11) is 2.13. The van der Waals surface area contributed by atoms with Crippen LogP contribution in [0.3, 0.4) is 0 Å². The van der Waals surface area contributed by atoms with Crippen LogP contribution < -0.4 is 9.64 Å². The van der Waals surface area contributed by atoms with Gasteiger partial charge in [0.05, 0.1) is 30.7 Å². The molecule has 4 heterocycles. The molecule has 34 heavy (non-hydrogen) atoms. The lowest BCUT2D eigenvalue weighted by Crippen LogP contribution is -2.38. The van der Waals surface area contributed by atoms with Crippen LogP contribution in [0.2, 0.25) is 0 Å². The van der Waals surface area contributed by atoms with Gasteiger partial charge in [-0.3, -0.25) is 4.68 Å². The highest BCUT2D eigenvalue weighted by atomic mass is 19.1. The van der Waals surface area contributed by atoms with Crippen molar-refractivity contribution in [2.24, 2.45) is 0 Å². The van der Waals surface area contributed by atoms with Gasteiger partial charge in [-0.1, -0.05) is 0 Å². The van der Waals surface area contributed by atoms with Gasteiger partial charge in [0.1, 0.15) is 18.1 Å². The van der Waals surface area contributed by atoms with Crippen molar-refractivity contribution >= 4 is 5.69 Å². The van der Waals surface area contributed by atoms with E-state index in [1.165, 1.54) is 6.07 Å². The standard InChI is InChI=1S/C25H30F2N6O/c1-16(2)32-8-9-34-25-20(26)11-18(12-22(25)32)24-21(27)14-28-23(30-24)10-17-13-29-33(15-17)19-4-6-31(3)7-5-19/h11-16,19H,4-10H2,1-3H3. The fourth-order valence-electron chi connectivity index (χ4n) is 4.78. The number of nitrogens with zero attached hydrogens (tertiary/aromatic N) is 6. The van der Waals surface area contributed by atoms with Gasteiger partial charge >= 0.3 is 0 Å². The maximum atomic E-state index is 14.9. The minimum atomic E-state index is -0.585. The lowest BCUT2D eigenvalue weighted by molar-refractivity contribution is 0.212. The van der Waals surface area contributed by atoms with Crippen molar-refractivity contribution in [2.45, 2.75) is 45.2 Å². The molecule has 0 spiro atoms. The monoisotopic (exact) mass is 468 g/mol. The van der Waals surface area contributed by atoms with E-state index in [4.69, 9.17) is 4.74 Å². The zero-order valence-corrected chi connectivity index (χ0v) is 19.8. The molecule has 1 fully saturated rings. The largest absolute Gasteiger partial charge is 0.486 e. The summed E-state index contributed by atoms with van der Waals surface area (Å²) in [4.78, 5) is 13.0. The van der Waals surface area contributed by atoms with Gasteiger partial charge in [-0.05, 0) is 64.5 Å². The molecule has 0 aliphatic carbocycles. The average Bonchev–Trinajstić information content (AvgIpc) is 3.28. The average molecular weight is 469 g/mol. The topological polar surface area (TPSA) is 59.3 Å². The first-order valence-electron chi connectivity index (χ1n) is 11.9. The van der Waals surface area contributed by atoms with Crippen LogP contribution in [-0.4, -0.2) is 64.0 Å². The van der Waals surface area contributed by atoms with Crippen LogP contribution in [0.1, 0.15) is 44.1 Å². The molecule has 2 aliphatic heterocycles. The Balaban J connectivity index is 1.41. The molecule has 0 atom stereocenters. The number of benzene rings is 1. The first kappa shape index (κ1) is 22.7. The molecule has 2 aliphatic rings. The Kier molecular flexibility index (Phi) is 6.20. The van der Waals surface area contributed by atoms with Crippen LogP contribution in [0.4, 0.5) is 14.5 Å². The molecule has 3 aromatic rings. The molecule has 0 saturated carbocycles. The van der Waals surface area contributed by atoms with Gasteiger partial charge in [0.25, 0.3) is 0 Å². The van der Waals surface area contributed by atoms with Crippen molar-refractivity contribution in [3.63, 3.8) is 0 Å². The predicted octanol–water partition coefficient (Wildman–Crippen LogP) is 4.08. The van der Waals surface area contributed by atoms with Gasteiger partial charge in [0.2, 0.25) is 0 Å². The molecular formula is C25H30F2N6O. The van der Waals surface area contributed by atoms with Gasteiger partial charge in [-0.2, -0.15) is 5.10 Å². The van der Waals surface area contributed by atoms with E-state index in [1.807, 2.05) is 30.9 Å². The third-order valence-electron chi connectivity index (χ3n) is 6.68. The van der Waals surface area contributed by atoms with Crippen molar-refractivity contribution in [1.29, 1.82) is 0 Å². The van der Waals surface area contributed by atoms with Crippen LogP contribution in [0.25, 0.3) is 11.3 Å². The van der Waals surface area contributed by atoms with Gasteiger partial charge in [-0.15, -0.1) is 0 Å². The minimum Gasteiger partial charge on any atom is -0.486 e. The summed E-state index contributed by atoms with van der Waals surface area (Å²) in [5.41, 5.74) is 2.04. The maximum absolute atomic E-state index is 14.9. The van der Waals surface area contributed by atoms with Gasteiger partial charge < -0.3 is 14.5 Å². The van der Waals surface area contributed by atoms with Crippen LogP contribution in [0, 0.1) is 11.6 Å². The molecule has 1 saturated heterocycles. The molecule has 7 nitrogen and oxygen atoms in total. The van der Waals surface area contributed by atoms with Crippen molar-refractivity contribution in [3.05, 3.63) is 53.7 Å². The summed E-state index contributed by atoms with van der Waals surface area (Å²) in [6.07, 6.45) is 7.56. The molecular weight excluding hydrogens is 438 g/mol. The number of halogens is 2. The Bertz CT molecular complexity index is 1170. The van der Waals surface area contributed by atoms with Crippen LogP contribution >= 0.6 is 0 Å². The Morgan fingerprint density at radius 1 is 1.09 bits per heavy atom. The number of aromatic nitrogens is 4. The Morgan fingerprint density at radius 3 is 2.65 bits per heavy atom. The van der Waals surface area contributed by atoms with Gasteiger partial charge in [0, 0.05) is 24.2 Å². The molecule has 2 aromatic heterocycles. The highest BCUT2D eigenvalue weighted by molar-refractivity contribution is 5.72. The van der Waals surface area contributed by atoms with E-state index >= 15 is 0 Å². The minimum absolute atomic E-state index is 0.0867. The molecule has 180 valence electrons.